The molecule has 22 heavy (non-hydrogen) atoms. The first kappa shape index (κ1) is 15.6. The summed E-state index contributed by atoms with van der Waals surface area (Å²) in [6, 6.07) is 6.10. The molecule has 1 aromatic heterocycles. The molecule has 0 spiro atoms. The van der Waals surface area contributed by atoms with Gasteiger partial charge in [-0.2, -0.15) is 0 Å². The molecule has 2 N–H and O–H groups in total. The molecular formula is C14H16FN5O2. The van der Waals surface area contributed by atoms with Crippen LogP contribution in [0.4, 0.5) is 21.6 Å². The number of non-ortho nitro benzene ring substituents is 1. The third-order valence-corrected chi connectivity index (χ3v) is 3.02. The van der Waals surface area contributed by atoms with E-state index in [-0.39, 0.29) is 11.5 Å². The molecule has 1 heterocycles. The van der Waals surface area contributed by atoms with Crippen LogP contribution in [0, 0.1) is 15.9 Å². The van der Waals surface area contributed by atoms with Gasteiger partial charge in [-0.05, 0) is 18.6 Å². The number of benzene rings is 1. The summed E-state index contributed by atoms with van der Waals surface area (Å²) in [5, 5.41) is 16.5. The highest BCUT2D eigenvalue weighted by Gasteiger charge is 2.08. The zero-order chi connectivity index (χ0) is 15.9. The highest BCUT2D eigenvalue weighted by molar-refractivity contribution is 5.48. The van der Waals surface area contributed by atoms with Crippen LogP contribution in [0.25, 0.3) is 0 Å². The van der Waals surface area contributed by atoms with E-state index in [1.54, 1.807) is 12.1 Å². The standard InChI is InChI=1S/C14H16FN5O2/c1-2-12-13(15)14(19-9-18-12)17-8-7-16-10-3-5-11(6-4-10)20(21)22/h3-6,9,16H,2,7-8H2,1H3,(H,17,18,19). The predicted octanol–water partition coefficient (Wildman–Crippen LogP) is 2.61. The quantitative estimate of drug-likeness (QED) is 0.464. The first-order valence-electron chi connectivity index (χ1n) is 6.83. The van der Waals surface area contributed by atoms with Gasteiger partial charge in [0.25, 0.3) is 5.69 Å². The minimum Gasteiger partial charge on any atom is -0.383 e. The number of aryl methyl sites for hydroxylation is 1. The fourth-order valence-corrected chi connectivity index (χ4v) is 1.86. The maximum absolute atomic E-state index is 13.9. The zero-order valence-corrected chi connectivity index (χ0v) is 12.0. The summed E-state index contributed by atoms with van der Waals surface area (Å²) in [7, 11) is 0. The fraction of sp³-hybridized carbons (Fsp3) is 0.286. The minimum atomic E-state index is -0.450. The van der Waals surface area contributed by atoms with Crippen molar-refractivity contribution in [2.45, 2.75) is 13.3 Å². The van der Waals surface area contributed by atoms with E-state index in [2.05, 4.69) is 20.6 Å². The van der Waals surface area contributed by atoms with E-state index < -0.39 is 10.7 Å². The molecule has 7 nitrogen and oxygen atoms in total. The van der Waals surface area contributed by atoms with Crippen molar-refractivity contribution < 1.29 is 9.31 Å². The van der Waals surface area contributed by atoms with Gasteiger partial charge in [0.05, 0.1) is 10.6 Å². The molecule has 116 valence electrons. The molecule has 1 aromatic carbocycles. The van der Waals surface area contributed by atoms with Crippen LogP contribution in [-0.4, -0.2) is 28.0 Å². The highest BCUT2D eigenvalue weighted by Crippen LogP contribution is 2.15. The Bertz CT molecular complexity index is 648. The Morgan fingerprint density at radius 2 is 1.86 bits per heavy atom. The number of nitrogens with one attached hydrogen (secondary N) is 2. The Hall–Kier alpha value is -2.77. The summed E-state index contributed by atoms with van der Waals surface area (Å²) in [6.07, 6.45) is 1.83. The second kappa shape index (κ2) is 7.30. The fourth-order valence-electron chi connectivity index (χ4n) is 1.86. The summed E-state index contributed by atoms with van der Waals surface area (Å²) in [5.74, 6) is -0.252. The van der Waals surface area contributed by atoms with Crippen molar-refractivity contribution in [3.05, 3.63) is 52.2 Å². The lowest BCUT2D eigenvalue weighted by Gasteiger charge is -2.09. The maximum atomic E-state index is 13.9. The summed E-state index contributed by atoms with van der Waals surface area (Å²) >= 11 is 0. The molecule has 2 aromatic rings. The lowest BCUT2D eigenvalue weighted by molar-refractivity contribution is -0.384. The molecule has 0 radical (unpaired) electrons. The molecule has 0 saturated heterocycles. The number of nitro benzene ring substituents is 1. The number of nitro groups is 1. The average Bonchev–Trinajstić information content (AvgIpc) is 2.53. The second-order valence-corrected chi connectivity index (χ2v) is 4.49. The molecule has 0 aliphatic carbocycles. The van der Waals surface area contributed by atoms with Crippen LogP contribution in [0.5, 0.6) is 0 Å². The van der Waals surface area contributed by atoms with E-state index in [0.717, 1.165) is 5.69 Å². The van der Waals surface area contributed by atoms with Crippen molar-refractivity contribution in [3.63, 3.8) is 0 Å². The van der Waals surface area contributed by atoms with Gasteiger partial charge >= 0.3 is 0 Å². The van der Waals surface area contributed by atoms with E-state index in [1.165, 1.54) is 18.5 Å². The molecule has 0 aliphatic rings. The van der Waals surface area contributed by atoms with Crippen molar-refractivity contribution >= 4 is 17.2 Å². The molecule has 0 saturated carbocycles. The van der Waals surface area contributed by atoms with Crippen molar-refractivity contribution in [2.75, 3.05) is 23.7 Å². The predicted molar refractivity (Wildman–Crippen MR) is 81.4 cm³/mol. The maximum Gasteiger partial charge on any atom is 0.269 e. The summed E-state index contributed by atoms with van der Waals surface area (Å²) in [4.78, 5) is 17.8. The zero-order valence-electron chi connectivity index (χ0n) is 12.0. The van der Waals surface area contributed by atoms with Crippen LogP contribution in [0.15, 0.2) is 30.6 Å². The third kappa shape index (κ3) is 3.87. The van der Waals surface area contributed by atoms with E-state index >= 15 is 0 Å². The number of hydrogen-bond donors (Lipinski definition) is 2. The van der Waals surface area contributed by atoms with Crippen molar-refractivity contribution in [2.24, 2.45) is 0 Å². The van der Waals surface area contributed by atoms with Gasteiger partial charge < -0.3 is 10.6 Å². The Labute approximate surface area is 126 Å². The van der Waals surface area contributed by atoms with Gasteiger partial charge in [-0.1, -0.05) is 6.92 Å². The number of nitrogens with zero attached hydrogens (tertiary/aromatic N) is 3. The van der Waals surface area contributed by atoms with Crippen LogP contribution < -0.4 is 10.6 Å². The first-order chi connectivity index (χ1) is 10.6. The van der Waals surface area contributed by atoms with E-state index in [1.807, 2.05) is 6.92 Å². The van der Waals surface area contributed by atoms with Gasteiger partial charge in [0.15, 0.2) is 11.6 Å². The van der Waals surface area contributed by atoms with Crippen LogP contribution in [0.1, 0.15) is 12.6 Å². The Morgan fingerprint density at radius 1 is 1.18 bits per heavy atom. The summed E-state index contributed by atoms with van der Waals surface area (Å²) < 4.78 is 13.9. The van der Waals surface area contributed by atoms with Crippen molar-refractivity contribution in [1.82, 2.24) is 9.97 Å². The molecule has 8 heteroatoms. The molecule has 0 aliphatic heterocycles. The monoisotopic (exact) mass is 305 g/mol. The van der Waals surface area contributed by atoms with Crippen LogP contribution >= 0.6 is 0 Å². The van der Waals surface area contributed by atoms with Gasteiger partial charge in [0, 0.05) is 30.9 Å². The summed E-state index contributed by atoms with van der Waals surface area (Å²) in [5.41, 5.74) is 1.17. The van der Waals surface area contributed by atoms with Gasteiger partial charge in [0.1, 0.15) is 6.33 Å². The van der Waals surface area contributed by atoms with E-state index in [4.69, 9.17) is 0 Å². The largest absolute Gasteiger partial charge is 0.383 e. The highest BCUT2D eigenvalue weighted by atomic mass is 19.1. The molecule has 0 atom stereocenters. The number of hydrogen-bond acceptors (Lipinski definition) is 6. The van der Waals surface area contributed by atoms with Crippen molar-refractivity contribution in [3.8, 4) is 0 Å². The molecule has 0 bridgehead atoms. The first-order valence-corrected chi connectivity index (χ1v) is 6.83. The van der Waals surface area contributed by atoms with Gasteiger partial charge in [-0.25, -0.2) is 14.4 Å². The van der Waals surface area contributed by atoms with Gasteiger partial charge in [0.2, 0.25) is 0 Å². The summed E-state index contributed by atoms with van der Waals surface area (Å²) in [6.45, 7) is 2.79. The van der Waals surface area contributed by atoms with Gasteiger partial charge in [-0.3, -0.25) is 10.1 Å². The molecule has 0 fully saturated rings. The minimum absolute atomic E-state index is 0.0406. The van der Waals surface area contributed by atoms with Crippen LogP contribution in [0.3, 0.4) is 0 Å². The lowest BCUT2D eigenvalue weighted by Crippen LogP contribution is -2.16. The molecule has 0 amide bonds. The van der Waals surface area contributed by atoms with Gasteiger partial charge in [-0.15, -0.1) is 0 Å². The SMILES string of the molecule is CCc1ncnc(NCCNc2ccc([N+](=O)[O-])cc2)c1F. The van der Waals surface area contributed by atoms with Crippen molar-refractivity contribution in [1.29, 1.82) is 0 Å². The average molecular weight is 305 g/mol. The normalized spacial score (nSPS) is 10.3. The van der Waals surface area contributed by atoms with Crippen LogP contribution in [-0.2, 0) is 6.42 Å². The molecule has 2 rings (SSSR count). The number of rotatable bonds is 7. The topological polar surface area (TPSA) is 93.0 Å². The number of anilines is 2. The van der Waals surface area contributed by atoms with E-state index in [9.17, 15) is 14.5 Å². The lowest BCUT2D eigenvalue weighted by atomic mass is 10.3. The Kier molecular flexibility index (Phi) is 5.18. The molecule has 0 unspecified atom stereocenters. The number of halogens is 1. The third-order valence-electron chi connectivity index (χ3n) is 3.02. The second-order valence-electron chi connectivity index (χ2n) is 4.49. The smallest absolute Gasteiger partial charge is 0.269 e. The Balaban J connectivity index is 1.83. The number of aromatic nitrogens is 2. The van der Waals surface area contributed by atoms with Crippen LogP contribution in [0.2, 0.25) is 0 Å². The van der Waals surface area contributed by atoms with E-state index in [0.29, 0.717) is 25.2 Å². The Morgan fingerprint density at radius 3 is 2.50 bits per heavy atom. The molecular weight excluding hydrogens is 289 g/mol.